The average Bonchev–Trinajstić information content (AvgIpc) is 2.36. The molecule has 0 radical (unpaired) electrons. The second-order valence-corrected chi connectivity index (χ2v) is 7.40. The molecule has 22 heavy (non-hydrogen) atoms. The Bertz CT molecular complexity index is 512. The van der Waals surface area contributed by atoms with Crippen LogP contribution in [0.2, 0.25) is 0 Å². The third kappa shape index (κ3) is 6.17. The fraction of sp³-hybridized carbons (Fsp3) is 0.571. The molecule has 0 heterocycles. The quantitative estimate of drug-likeness (QED) is 0.422. The van der Waals surface area contributed by atoms with Gasteiger partial charge in [-0.2, -0.15) is 0 Å². The van der Waals surface area contributed by atoms with Crippen LogP contribution in [0.1, 0.15) is 67.2 Å². The van der Waals surface area contributed by atoms with Crippen LogP contribution in [0.5, 0.6) is 0 Å². The Kier molecular flexibility index (Phi) is 7.06. The Balaban J connectivity index is 2.63. The van der Waals surface area contributed by atoms with Gasteiger partial charge in [0.25, 0.3) is 0 Å². The van der Waals surface area contributed by atoms with Crippen LogP contribution < -0.4 is 0 Å². The molecule has 0 saturated carbocycles. The topological polar surface area (TPSA) is 17.1 Å². The highest BCUT2D eigenvalue weighted by molar-refractivity contribution is 5.88. The molecule has 1 heteroatoms. The van der Waals surface area contributed by atoms with E-state index in [-0.39, 0.29) is 5.78 Å². The van der Waals surface area contributed by atoms with Crippen molar-refractivity contribution in [3.63, 3.8) is 0 Å². The van der Waals surface area contributed by atoms with Crippen LogP contribution >= 0.6 is 0 Å². The van der Waals surface area contributed by atoms with Gasteiger partial charge in [-0.15, -0.1) is 0 Å². The summed E-state index contributed by atoms with van der Waals surface area (Å²) in [5, 5.41) is 0. The molecule has 0 aromatic rings. The molecule has 1 atom stereocenters. The molecular weight excluding hydrogens is 268 g/mol. The monoisotopic (exact) mass is 300 g/mol. The minimum Gasteiger partial charge on any atom is -0.295 e. The third-order valence-electron chi connectivity index (χ3n) is 4.45. The zero-order valence-corrected chi connectivity index (χ0v) is 15.2. The Morgan fingerprint density at radius 3 is 2.59 bits per heavy atom. The minimum absolute atomic E-state index is 0.108. The normalized spacial score (nSPS) is 20.9. The molecule has 1 rings (SSSR count). The van der Waals surface area contributed by atoms with E-state index in [0.717, 1.165) is 12.0 Å². The largest absolute Gasteiger partial charge is 0.295 e. The fourth-order valence-corrected chi connectivity index (χ4v) is 3.19. The molecule has 0 aromatic heterocycles. The lowest BCUT2D eigenvalue weighted by Gasteiger charge is -2.33. The minimum atomic E-state index is 0.108. The maximum atomic E-state index is 11.0. The van der Waals surface area contributed by atoms with Crippen LogP contribution in [0, 0.1) is 11.3 Å². The van der Waals surface area contributed by atoms with E-state index < -0.39 is 0 Å². The summed E-state index contributed by atoms with van der Waals surface area (Å²) in [5.74, 6) is 0.622. The van der Waals surface area contributed by atoms with Crippen LogP contribution in [-0.2, 0) is 4.79 Å². The number of ketones is 1. The second kappa shape index (κ2) is 8.31. The smallest absolute Gasteiger partial charge is 0.152 e. The molecule has 0 fully saturated rings. The van der Waals surface area contributed by atoms with Crippen molar-refractivity contribution in [2.24, 2.45) is 11.3 Å². The molecular formula is C21H32O. The summed E-state index contributed by atoms with van der Waals surface area (Å²) in [6.45, 7) is 12.8. The van der Waals surface area contributed by atoms with Gasteiger partial charge in [0, 0.05) is 0 Å². The summed E-state index contributed by atoms with van der Waals surface area (Å²) in [5.41, 5.74) is 4.42. The Morgan fingerprint density at radius 2 is 2.00 bits per heavy atom. The van der Waals surface area contributed by atoms with E-state index >= 15 is 0 Å². The van der Waals surface area contributed by atoms with Crippen molar-refractivity contribution >= 4 is 5.78 Å². The Labute approximate surface area is 136 Å². The summed E-state index contributed by atoms with van der Waals surface area (Å²) in [7, 11) is 0. The summed E-state index contributed by atoms with van der Waals surface area (Å²) < 4.78 is 0. The SMILES string of the molecule is CC(=O)/C=C(C)/C=C/CC(C)/C=C/C1=C(C)CCCC1(C)C. The molecule has 1 nitrogen and oxygen atoms in total. The molecule has 0 amide bonds. The molecule has 1 unspecified atom stereocenters. The van der Waals surface area contributed by atoms with Crippen molar-refractivity contribution in [2.75, 3.05) is 0 Å². The fourth-order valence-electron chi connectivity index (χ4n) is 3.19. The van der Waals surface area contributed by atoms with Crippen molar-refractivity contribution in [3.05, 3.63) is 47.1 Å². The first-order chi connectivity index (χ1) is 10.2. The second-order valence-electron chi connectivity index (χ2n) is 7.40. The number of allylic oxidation sites excluding steroid dienone is 8. The first-order valence-electron chi connectivity index (χ1n) is 8.46. The van der Waals surface area contributed by atoms with Gasteiger partial charge in [-0.3, -0.25) is 4.79 Å². The van der Waals surface area contributed by atoms with E-state index in [0.29, 0.717) is 11.3 Å². The number of carbonyl (C=O) groups is 1. The Morgan fingerprint density at radius 1 is 1.32 bits per heavy atom. The molecule has 0 aliphatic heterocycles. The van der Waals surface area contributed by atoms with Crippen LogP contribution in [0.25, 0.3) is 0 Å². The van der Waals surface area contributed by atoms with E-state index in [2.05, 4.69) is 45.9 Å². The number of rotatable bonds is 6. The van der Waals surface area contributed by atoms with Crippen molar-refractivity contribution < 1.29 is 4.79 Å². The van der Waals surface area contributed by atoms with Crippen molar-refractivity contribution in [1.29, 1.82) is 0 Å². The standard InChI is InChI=1S/C21H32O/c1-16(9-7-10-17(2)15-19(4)22)12-13-20-18(3)11-8-14-21(20,5)6/h7,10,12-13,15-16H,8-9,11,14H2,1-6H3/b10-7+,13-12+,17-15+. The van der Waals surface area contributed by atoms with Crippen molar-refractivity contribution in [2.45, 2.75) is 67.2 Å². The van der Waals surface area contributed by atoms with Crippen LogP contribution in [0.15, 0.2) is 47.1 Å². The summed E-state index contributed by atoms with van der Waals surface area (Å²) in [6, 6.07) is 0. The van der Waals surface area contributed by atoms with Gasteiger partial charge >= 0.3 is 0 Å². The van der Waals surface area contributed by atoms with Gasteiger partial charge in [0.05, 0.1) is 0 Å². The molecule has 0 aromatic carbocycles. The molecule has 1 aliphatic carbocycles. The van der Waals surface area contributed by atoms with Crippen LogP contribution in [0.3, 0.4) is 0 Å². The van der Waals surface area contributed by atoms with E-state index in [4.69, 9.17) is 0 Å². The predicted molar refractivity (Wildman–Crippen MR) is 96.8 cm³/mol. The van der Waals surface area contributed by atoms with Gasteiger partial charge in [0.2, 0.25) is 0 Å². The molecule has 122 valence electrons. The van der Waals surface area contributed by atoms with E-state index in [9.17, 15) is 4.79 Å². The van der Waals surface area contributed by atoms with Crippen molar-refractivity contribution in [3.8, 4) is 0 Å². The number of carbonyl (C=O) groups excluding carboxylic acids is 1. The maximum Gasteiger partial charge on any atom is 0.152 e. The highest BCUT2D eigenvalue weighted by Crippen LogP contribution is 2.40. The summed E-state index contributed by atoms with van der Waals surface area (Å²) in [6.07, 6.45) is 15.4. The Hall–Kier alpha value is -1.37. The highest BCUT2D eigenvalue weighted by Gasteiger charge is 2.26. The predicted octanol–water partition coefficient (Wildman–Crippen LogP) is 6.19. The van der Waals surface area contributed by atoms with Gasteiger partial charge in [0.1, 0.15) is 0 Å². The van der Waals surface area contributed by atoms with Crippen LogP contribution in [-0.4, -0.2) is 5.78 Å². The highest BCUT2D eigenvalue weighted by atomic mass is 16.1. The molecule has 0 saturated heterocycles. The third-order valence-corrected chi connectivity index (χ3v) is 4.45. The average molecular weight is 300 g/mol. The maximum absolute atomic E-state index is 11.0. The van der Waals surface area contributed by atoms with E-state index in [1.807, 2.05) is 13.0 Å². The number of hydrogen-bond acceptors (Lipinski definition) is 1. The summed E-state index contributed by atoms with van der Waals surface area (Å²) in [4.78, 5) is 11.0. The first kappa shape index (κ1) is 18.7. The lowest BCUT2D eigenvalue weighted by Crippen LogP contribution is -2.19. The molecule has 1 aliphatic rings. The van der Waals surface area contributed by atoms with E-state index in [1.54, 1.807) is 18.6 Å². The van der Waals surface area contributed by atoms with E-state index in [1.165, 1.54) is 24.8 Å². The van der Waals surface area contributed by atoms with Gasteiger partial charge in [-0.1, -0.05) is 50.6 Å². The zero-order chi connectivity index (χ0) is 16.8. The van der Waals surface area contributed by atoms with Gasteiger partial charge in [-0.25, -0.2) is 0 Å². The first-order valence-corrected chi connectivity index (χ1v) is 8.46. The lowest BCUT2D eigenvalue weighted by molar-refractivity contribution is -0.112. The zero-order valence-electron chi connectivity index (χ0n) is 15.2. The van der Waals surface area contributed by atoms with Gasteiger partial charge < -0.3 is 0 Å². The molecule has 0 bridgehead atoms. The lowest BCUT2D eigenvalue weighted by atomic mass is 9.72. The van der Waals surface area contributed by atoms with Gasteiger partial charge in [-0.05, 0) is 75.0 Å². The van der Waals surface area contributed by atoms with Crippen LogP contribution in [0.4, 0.5) is 0 Å². The van der Waals surface area contributed by atoms with Crippen molar-refractivity contribution in [1.82, 2.24) is 0 Å². The number of hydrogen-bond donors (Lipinski definition) is 0. The van der Waals surface area contributed by atoms with Gasteiger partial charge in [0.15, 0.2) is 5.78 Å². The summed E-state index contributed by atoms with van der Waals surface area (Å²) >= 11 is 0. The molecule has 0 spiro atoms. The molecule has 0 N–H and O–H groups in total.